The van der Waals surface area contributed by atoms with Gasteiger partial charge in [0.05, 0.1) is 23.6 Å². The van der Waals surface area contributed by atoms with Gasteiger partial charge in [-0.15, -0.1) is 0 Å². The van der Waals surface area contributed by atoms with Crippen LogP contribution >= 0.6 is 0 Å². The highest BCUT2D eigenvalue weighted by Gasteiger charge is 2.31. The molecule has 1 fully saturated rings. The van der Waals surface area contributed by atoms with Gasteiger partial charge in [0.2, 0.25) is 5.95 Å². The Morgan fingerprint density at radius 1 is 1.24 bits per heavy atom. The monoisotopic (exact) mass is 482 g/mol. The summed E-state index contributed by atoms with van der Waals surface area (Å²) in [6.07, 6.45) is 4.69. The van der Waals surface area contributed by atoms with E-state index in [9.17, 15) is 13.5 Å². The summed E-state index contributed by atoms with van der Waals surface area (Å²) >= 11 is 0. The molecule has 2 aromatic carbocycles. The predicted molar refractivity (Wildman–Crippen MR) is 130 cm³/mol. The number of ether oxygens (including phenoxy) is 1. The van der Waals surface area contributed by atoms with Crippen LogP contribution in [0.2, 0.25) is 0 Å². The molecule has 5 rings (SSSR count). The van der Waals surface area contributed by atoms with Crippen LogP contribution in [0.4, 0.5) is 11.6 Å². The first kappa shape index (κ1) is 22.5. The second kappa shape index (κ2) is 9.16. The number of aromatic amines is 1. The Morgan fingerprint density at radius 3 is 2.88 bits per heavy atom. The number of nitrogens with zero attached hydrogens (tertiary/aromatic N) is 3. The molecule has 0 bridgehead atoms. The first-order valence-corrected chi connectivity index (χ1v) is 13.1. The van der Waals surface area contributed by atoms with Gasteiger partial charge in [0.25, 0.3) is 0 Å². The van der Waals surface area contributed by atoms with E-state index in [1.54, 1.807) is 6.20 Å². The van der Waals surface area contributed by atoms with Crippen molar-refractivity contribution < 1.29 is 18.3 Å². The summed E-state index contributed by atoms with van der Waals surface area (Å²) in [4.78, 5) is 9.10. The van der Waals surface area contributed by atoms with Gasteiger partial charge >= 0.3 is 0 Å². The maximum Gasteiger partial charge on any atom is 0.227 e. The van der Waals surface area contributed by atoms with Crippen molar-refractivity contribution in [2.24, 2.45) is 0 Å². The second-order valence-electron chi connectivity index (χ2n) is 8.59. The van der Waals surface area contributed by atoms with Crippen LogP contribution in [0, 0.1) is 0 Å². The second-order valence-corrected chi connectivity index (χ2v) is 10.9. The van der Waals surface area contributed by atoms with E-state index in [1.165, 1.54) is 6.26 Å². The Labute approximate surface area is 196 Å². The van der Waals surface area contributed by atoms with E-state index in [0.717, 1.165) is 40.3 Å². The Bertz CT molecular complexity index is 1430. The van der Waals surface area contributed by atoms with Crippen LogP contribution in [0.1, 0.15) is 18.5 Å². The summed E-state index contributed by atoms with van der Waals surface area (Å²) in [5, 5.41) is 24.6. The van der Waals surface area contributed by atoms with Crippen molar-refractivity contribution in [3.63, 3.8) is 0 Å². The minimum absolute atomic E-state index is 0.0521. The third-order valence-electron chi connectivity index (χ3n) is 5.92. The Kier molecular flexibility index (Phi) is 6.07. The number of H-pyrrole nitrogens is 1. The molecule has 2 aromatic heterocycles. The fourth-order valence-electron chi connectivity index (χ4n) is 4.04. The SMILES string of the molecule is CS(=O)(=O)CCN[C@H]1C[C@@H](Oc2cccc3cnc(Nc4ccc5c(CO)n[nH]c5c4)nc23)C1. The molecule has 2 heterocycles. The molecule has 1 aliphatic rings. The normalized spacial score (nSPS) is 18.2. The van der Waals surface area contributed by atoms with Gasteiger partial charge in [0.15, 0.2) is 0 Å². The Balaban J connectivity index is 1.26. The van der Waals surface area contributed by atoms with Crippen LogP contribution in [0.15, 0.2) is 42.6 Å². The molecular weight excluding hydrogens is 456 g/mol. The number of fused-ring (bicyclic) bond motifs is 2. The van der Waals surface area contributed by atoms with Crippen molar-refractivity contribution in [3.8, 4) is 5.75 Å². The van der Waals surface area contributed by atoms with Crippen molar-refractivity contribution in [2.75, 3.05) is 23.9 Å². The van der Waals surface area contributed by atoms with E-state index >= 15 is 0 Å². The highest BCUT2D eigenvalue weighted by molar-refractivity contribution is 7.90. The predicted octanol–water partition coefficient (Wildman–Crippen LogP) is 2.29. The highest BCUT2D eigenvalue weighted by atomic mass is 32.2. The van der Waals surface area contributed by atoms with Gasteiger partial charge in [0, 0.05) is 41.5 Å². The first-order valence-electron chi connectivity index (χ1n) is 11.1. The fourth-order valence-corrected chi connectivity index (χ4v) is 4.53. The molecule has 178 valence electrons. The van der Waals surface area contributed by atoms with Crippen molar-refractivity contribution in [1.82, 2.24) is 25.5 Å². The highest BCUT2D eigenvalue weighted by Crippen LogP contribution is 2.31. The summed E-state index contributed by atoms with van der Waals surface area (Å²) in [7, 11) is -2.96. The molecule has 0 atom stereocenters. The molecule has 4 aromatic rings. The number of hydrogen-bond acceptors (Lipinski definition) is 9. The molecule has 0 radical (unpaired) electrons. The van der Waals surface area contributed by atoms with Crippen LogP contribution < -0.4 is 15.4 Å². The lowest BCUT2D eigenvalue weighted by atomic mass is 9.89. The summed E-state index contributed by atoms with van der Waals surface area (Å²) in [6, 6.07) is 11.7. The summed E-state index contributed by atoms with van der Waals surface area (Å²) in [6.45, 7) is 0.334. The molecule has 0 amide bonds. The van der Waals surface area contributed by atoms with E-state index < -0.39 is 9.84 Å². The van der Waals surface area contributed by atoms with Gasteiger partial charge in [-0.25, -0.2) is 18.4 Å². The molecule has 0 unspecified atom stereocenters. The summed E-state index contributed by atoms with van der Waals surface area (Å²) < 4.78 is 28.7. The van der Waals surface area contributed by atoms with Crippen LogP contribution in [0.25, 0.3) is 21.8 Å². The molecular formula is C23H26N6O4S. The zero-order valence-electron chi connectivity index (χ0n) is 18.7. The molecule has 0 saturated heterocycles. The fraction of sp³-hybridized carbons (Fsp3) is 0.348. The van der Waals surface area contributed by atoms with E-state index in [-0.39, 0.29) is 24.5 Å². The lowest BCUT2D eigenvalue weighted by Gasteiger charge is -2.36. The van der Waals surface area contributed by atoms with Gasteiger partial charge in [-0.05, 0) is 37.1 Å². The van der Waals surface area contributed by atoms with Gasteiger partial charge in [-0.3, -0.25) is 5.10 Å². The number of benzene rings is 2. The topological polar surface area (TPSA) is 142 Å². The average molecular weight is 483 g/mol. The number of sulfone groups is 1. The lowest BCUT2D eigenvalue weighted by Crippen LogP contribution is -2.47. The number of aromatic nitrogens is 4. The number of aliphatic hydroxyl groups is 1. The van der Waals surface area contributed by atoms with Gasteiger partial charge in [0.1, 0.15) is 27.2 Å². The van der Waals surface area contributed by atoms with Crippen LogP contribution in [-0.4, -0.2) is 64.4 Å². The minimum atomic E-state index is -2.96. The number of para-hydroxylation sites is 1. The maximum atomic E-state index is 11.3. The smallest absolute Gasteiger partial charge is 0.227 e. The molecule has 0 aliphatic heterocycles. The molecule has 11 heteroatoms. The van der Waals surface area contributed by atoms with Crippen molar-refractivity contribution in [1.29, 1.82) is 0 Å². The minimum Gasteiger partial charge on any atom is -0.488 e. The van der Waals surface area contributed by atoms with Gasteiger partial charge in [-0.1, -0.05) is 12.1 Å². The zero-order valence-corrected chi connectivity index (χ0v) is 19.5. The quantitative estimate of drug-likeness (QED) is 0.283. The standard InChI is InChI=1S/C23H26N6O4S/c1-34(31,32)8-7-24-16-9-17(10-16)33-21-4-2-3-14-12-25-23(27-22(14)21)26-15-5-6-18-19(11-15)28-29-20(18)13-30/h2-6,11-12,16-17,24,30H,7-10,13H2,1H3,(H,28,29)(H,25,26,27)/t16-,17+. The van der Waals surface area contributed by atoms with E-state index in [1.807, 2.05) is 36.4 Å². The van der Waals surface area contributed by atoms with Gasteiger partial charge in [-0.2, -0.15) is 5.10 Å². The molecule has 0 spiro atoms. The van der Waals surface area contributed by atoms with Crippen molar-refractivity contribution >= 4 is 43.3 Å². The van der Waals surface area contributed by atoms with E-state index in [0.29, 0.717) is 23.9 Å². The largest absolute Gasteiger partial charge is 0.488 e. The van der Waals surface area contributed by atoms with Gasteiger partial charge < -0.3 is 20.5 Å². The molecule has 1 saturated carbocycles. The molecule has 4 N–H and O–H groups in total. The number of nitrogens with one attached hydrogen (secondary N) is 3. The summed E-state index contributed by atoms with van der Waals surface area (Å²) in [5.41, 5.74) is 2.93. The zero-order chi connectivity index (χ0) is 23.7. The van der Waals surface area contributed by atoms with Crippen LogP contribution in [-0.2, 0) is 16.4 Å². The number of aliphatic hydroxyl groups excluding tert-OH is 1. The maximum absolute atomic E-state index is 11.3. The van der Waals surface area contributed by atoms with Crippen LogP contribution in [0.3, 0.4) is 0 Å². The van der Waals surface area contributed by atoms with Crippen molar-refractivity contribution in [3.05, 3.63) is 48.3 Å². The number of rotatable bonds is 9. The first-order chi connectivity index (χ1) is 16.4. The number of anilines is 2. The molecule has 1 aliphatic carbocycles. The molecule has 10 nitrogen and oxygen atoms in total. The lowest BCUT2D eigenvalue weighted by molar-refractivity contribution is 0.0873. The Morgan fingerprint density at radius 2 is 2.09 bits per heavy atom. The summed E-state index contributed by atoms with van der Waals surface area (Å²) in [5.74, 6) is 1.28. The van der Waals surface area contributed by atoms with Crippen LogP contribution in [0.5, 0.6) is 5.75 Å². The van der Waals surface area contributed by atoms with E-state index in [2.05, 4.69) is 30.8 Å². The third-order valence-corrected chi connectivity index (χ3v) is 6.86. The number of hydrogen-bond donors (Lipinski definition) is 4. The Hall–Kier alpha value is -3.28. The average Bonchev–Trinajstić information content (AvgIpc) is 3.19. The molecule has 34 heavy (non-hydrogen) atoms. The van der Waals surface area contributed by atoms with E-state index in [4.69, 9.17) is 4.74 Å². The van der Waals surface area contributed by atoms with Crippen molar-refractivity contribution in [2.45, 2.75) is 31.6 Å². The third kappa shape index (κ3) is 4.96.